The molecule has 0 saturated heterocycles. The van der Waals surface area contributed by atoms with Crippen LogP contribution >= 0.6 is 0 Å². The van der Waals surface area contributed by atoms with Crippen molar-refractivity contribution in [2.45, 2.75) is 44.9 Å². The van der Waals surface area contributed by atoms with Crippen molar-refractivity contribution in [3.05, 3.63) is 35.4 Å². The van der Waals surface area contributed by atoms with Gasteiger partial charge in [-0.15, -0.1) is 0 Å². The molecule has 0 bridgehead atoms. The molecular formula is C16H18O2. The highest BCUT2D eigenvalue weighted by Crippen LogP contribution is 2.50. The van der Waals surface area contributed by atoms with E-state index in [1.165, 1.54) is 5.56 Å². The van der Waals surface area contributed by atoms with Crippen LogP contribution in [-0.4, -0.2) is 11.6 Å². The van der Waals surface area contributed by atoms with Gasteiger partial charge in [0.2, 0.25) is 0 Å². The van der Waals surface area contributed by atoms with Crippen LogP contribution < -0.4 is 0 Å². The average Bonchev–Trinajstić information content (AvgIpc) is 2.94. The number of rotatable bonds is 1. The second kappa shape index (κ2) is 4.04. The van der Waals surface area contributed by atoms with Crippen LogP contribution in [0.25, 0.3) is 0 Å². The molecule has 94 valence electrons. The molecule has 0 radical (unpaired) electrons. The molecule has 0 N–H and O–H groups in total. The summed E-state index contributed by atoms with van der Waals surface area (Å²) in [6.07, 6.45) is 4.04. The van der Waals surface area contributed by atoms with E-state index in [-0.39, 0.29) is 17.5 Å². The molecule has 2 heteroatoms. The molecule has 1 aromatic rings. The fourth-order valence-corrected chi connectivity index (χ4v) is 3.52. The van der Waals surface area contributed by atoms with Crippen LogP contribution in [0, 0.1) is 12.3 Å². The highest BCUT2D eigenvalue weighted by Gasteiger charge is 2.55. The van der Waals surface area contributed by atoms with E-state index in [4.69, 9.17) is 0 Å². The van der Waals surface area contributed by atoms with Crippen molar-refractivity contribution in [2.24, 2.45) is 5.41 Å². The van der Waals surface area contributed by atoms with Gasteiger partial charge in [0.15, 0.2) is 5.78 Å². The minimum Gasteiger partial charge on any atom is -0.299 e. The first-order valence-electron chi connectivity index (χ1n) is 6.78. The van der Waals surface area contributed by atoms with E-state index in [9.17, 15) is 9.59 Å². The number of hydrogen-bond acceptors (Lipinski definition) is 2. The summed E-state index contributed by atoms with van der Waals surface area (Å²) in [5.74, 6) is 0.195. The van der Waals surface area contributed by atoms with E-state index in [1.54, 1.807) is 0 Å². The van der Waals surface area contributed by atoms with Crippen molar-refractivity contribution in [2.75, 3.05) is 0 Å². The van der Waals surface area contributed by atoms with E-state index in [1.807, 2.05) is 31.2 Å². The molecule has 0 aliphatic heterocycles. The van der Waals surface area contributed by atoms with Gasteiger partial charge < -0.3 is 0 Å². The summed E-state index contributed by atoms with van der Waals surface area (Å²) in [5.41, 5.74) is 1.60. The SMILES string of the molecule is Cc1ccc([C@H]2CC(=O)C3(CCCC3)C2=O)cc1. The number of hydrogen-bond donors (Lipinski definition) is 0. The van der Waals surface area contributed by atoms with Gasteiger partial charge in [0, 0.05) is 6.42 Å². The number of ketones is 2. The van der Waals surface area contributed by atoms with Gasteiger partial charge in [-0.25, -0.2) is 0 Å². The normalized spacial score (nSPS) is 26.2. The van der Waals surface area contributed by atoms with Crippen LogP contribution in [0.5, 0.6) is 0 Å². The van der Waals surface area contributed by atoms with E-state index in [0.29, 0.717) is 6.42 Å². The molecular weight excluding hydrogens is 224 g/mol. The first kappa shape index (κ1) is 11.6. The third-order valence-electron chi connectivity index (χ3n) is 4.65. The van der Waals surface area contributed by atoms with Crippen LogP contribution in [0.15, 0.2) is 24.3 Å². The molecule has 2 aliphatic carbocycles. The second-order valence-electron chi connectivity index (χ2n) is 5.74. The summed E-state index contributed by atoms with van der Waals surface area (Å²) in [4.78, 5) is 24.8. The average molecular weight is 242 g/mol. The number of carbonyl (C=O) groups is 2. The molecule has 2 aliphatic rings. The number of benzene rings is 1. The van der Waals surface area contributed by atoms with Crippen molar-refractivity contribution < 1.29 is 9.59 Å². The number of aryl methyl sites for hydroxylation is 1. The molecule has 3 rings (SSSR count). The van der Waals surface area contributed by atoms with E-state index in [2.05, 4.69) is 0 Å². The maximum absolute atomic E-state index is 12.6. The fourth-order valence-electron chi connectivity index (χ4n) is 3.52. The standard InChI is InChI=1S/C16H18O2/c1-11-4-6-12(7-5-11)13-10-14(17)16(15(13)18)8-2-3-9-16/h4-7,13H,2-3,8-10H2,1H3/t13-/m1/s1. The Morgan fingerprint density at radius 1 is 1.06 bits per heavy atom. The van der Waals surface area contributed by atoms with Crippen molar-refractivity contribution in [3.8, 4) is 0 Å². The predicted molar refractivity (Wildman–Crippen MR) is 69.5 cm³/mol. The number of carbonyl (C=O) groups excluding carboxylic acids is 2. The smallest absolute Gasteiger partial charge is 0.154 e. The molecule has 0 heterocycles. The topological polar surface area (TPSA) is 34.1 Å². The van der Waals surface area contributed by atoms with Crippen molar-refractivity contribution in [3.63, 3.8) is 0 Å². The maximum atomic E-state index is 12.6. The Balaban J connectivity index is 1.94. The van der Waals surface area contributed by atoms with E-state index < -0.39 is 5.41 Å². The highest BCUT2D eigenvalue weighted by molar-refractivity contribution is 6.16. The van der Waals surface area contributed by atoms with Crippen molar-refractivity contribution in [1.29, 1.82) is 0 Å². The first-order valence-corrected chi connectivity index (χ1v) is 6.78. The molecule has 1 spiro atoms. The summed E-state index contributed by atoms with van der Waals surface area (Å²) in [6, 6.07) is 8.04. The third-order valence-corrected chi connectivity index (χ3v) is 4.65. The zero-order valence-corrected chi connectivity index (χ0v) is 10.7. The monoisotopic (exact) mass is 242 g/mol. The van der Waals surface area contributed by atoms with Crippen molar-refractivity contribution >= 4 is 11.6 Å². The van der Waals surface area contributed by atoms with Crippen molar-refractivity contribution in [1.82, 2.24) is 0 Å². The largest absolute Gasteiger partial charge is 0.299 e. The van der Waals surface area contributed by atoms with Crippen LogP contribution in [0.4, 0.5) is 0 Å². The summed E-state index contributed by atoms with van der Waals surface area (Å²) >= 11 is 0. The molecule has 1 atom stereocenters. The van der Waals surface area contributed by atoms with Crippen LogP contribution in [0.2, 0.25) is 0 Å². The van der Waals surface area contributed by atoms with Gasteiger partial charge in [0.25, 0.3) is 0 Å². The van der Waals surface area contributed by atoms with Gasteiger partial charge in [0.05, 0.1) is 11.3 Å². The van der Waals surface area contributed by atoms with Gasteiger partial charge >= 0.3 is 0 Å². The van der Waals surface area contributed by atoms with Crippen LogP contribution in [-0.2, 0) is 9.59 Å². The molecule has 2 saturated carbocycles. The van der Waals surface area contributed by atoms with Gasteiger partial charge in [-0.3, -0.25) is 9.59 Å². The summed E-state index contributed by atoms with van der Waals surface area (Å²) in [7, 11) is 0. The fraction of sp³-hybridized carbons (Fsp3) is 0.500. The minimum atomic E-state index is -0.602. The zero-order valence-electron chi connectivity index (χ0n) is 10.7. The molecule has 2 fully saturated rings. The van der Waals surface area contributed by atoms with Gasteiger partial charge in [0.1, 0.15) is 5.78 Å². The second-order valence-corrected chi connectivity index (χ2v) is 5.74. The summed E-state index contributed by atoms with van der Waals surface area (Å²) in [6.45, 7) is 2.03. The molecule has 0 amide bonds. The zero-order chi connectivity index (χ0) is 12.8. The van der Waals surface area contributed by atoms with E-state index >= 15 is 0 Å². The van der Waals surface area contributed by atoms with Gasteiger partial charge in [-0.05, 0) is 25.3 Å². The number of Topliss-reactive ketones (excluding diaryl/α,β-unsaturated/α-hetero) is 2. The first-order chi connectivity index (χ1) is 8.63. The highest BCUT2D eigenvalue weighted by atomic mass is 16.2. The third kappa shape index (κ3) is 1.55. The summed E-state index contributed by atoms with van der Waals surface area (Å²) in [5, 5.41) is 0. The molecule has 18 heavy (non-hydrogen) atoms. The van der Waals surface area contributed by atoms with Crippen LogP contribution in [0.3, 0.4) is 0 Å². The molecule has 1 aromatic carbocycles. The molecule has 2 nitrogen and oxygen atoms in total. The Bertz CT molecular complexity index is 492. The Hall–Kier alpha value is -1.44. The quantitative estimate of drug-likeness (QED) is 0.709. The lowest BCUT2D eigenvalue weighted by molar-refractivity contribution is -0.134. The summed E-state index contributed by atoms with van der Waals surface area (Å²) < 4.78 is 0. The lowest BCUT2D eigenvalue weighted by Gasteiger charge is -2.19. The lowest BCUT2D eigenvalue weighted by atomic mass is 9.80. The Morgan fingerprint density at radius 2 is 1.67 bits per heavy atom. The minimum absolute atomic E-state index is 0.184. The van der Waals surface area contributed by atoms with E-state index in [0.717, 1.165) is 31.2 Å². The Kier molecular flexibility index (Phi) is 2.61. The maximum Gasteiger partial charge on any atom is 0.154 e. The predicted octanol–water partition coefficient (Wildman–Crippen LogP) is 3.18. The Labute approximate surface area is 107 Å². The molecule has 0 unspecified atom stereocenters. The molecule has 0 aromatic heterocycles. The Morgan fingerprint density at radius 3 is 2.28 bits per heavy atom. The van der Waals surface area contributed by atoms with Gasteiger partial charge in [-0.2, -0.15) is 0 Å². The van der Waals surface area contributed by atoms with Gasteiger partial charge in [-0.1, -0.05) is 42.7 Å². The lowest BCUT2D eigenvalue weighted by Crippen LogP contribution is -2.30. The van der Waals surface area contributed by atoms with Crippen LogP contribution in [0.1, 0.15) is 49.1 Å².